The van der Waals surface area contributed by atoms with Gasteiger partial charge in [0.05, 0.1) is 0 Å². The highest BCUT2D eigenvalue weighted by molar-refractivity contribution is 5.71. The van der Waals surface area contributed by atoms with Crippen LogP contribution in [0, 0.1) is 0 Å². The van der Waals surface area contributed by atoms with Gasteiger partial charge < -0.3 is 14.2 Å². The van der Waals surface area contributed by atoms with Crippen molar-refractivity contribution in [1.82, 2.24) is 0 Å². The highest BCUT2D eigenvalue weighted by atomic mass is 16.6. The first kappa shape index (κ1) is 77.6. The fraction of sp³-hybridized carbons (Fsp3) is 0.773. The molecule has 0 saturated carbocycles. The van der Waals surface area contributed by atoms with Crippen molar-refractivity contribution in [1.29, 1.82) is 0 Å². The first-order valence-corrected chi connectivity index (χ1v) is 35.1. The van der Waals surface area contributed by atoms with E-state index in [2.05, 4.69) is 106 Å². The van der Waals surface area contributed by atoms with E-state index in [1.807, 2.05) is 0 Å². The third kappa shape index (κ3) is 67.3. The van der Waals surface area contributed by atoms with Crippen LogP contribution in [-0.2, 0) is 28.6 Å². The van der Waals surface area contributed by atoms with Crippen LogP contribution in [0.1, 0.15) is 355 Å². The van der Waals surface area contributed by atoms with Crippen molar-refractivity contribution in [2.24, 2.45) is 0 Å². The fourth-order valence-corrected chi connectivity index (χ4v) is 10.2. The highest BCUT2D eigenvalue weighted by Gasteiger charge is 2.19. The summed E-state index contributed by atoms with van der Waals surface area (Å²) in [5.74, 6) is -0.890. The molecule has 0 aliphatic heterocycles. The van der Waals surface area contributed by atoms with Gasteiger partial charge in [-0.05, 0) is 96.3 Å². The smallest absolute Gasteiger partial charge is 0.306 e. The summed E-state index contributed by atoms with van der Waals surface area (Å²) in [6, 6.07) is 0. The van der Waals surface area contributed by atoms with Gasteiger partial charge in [0.25, 0.3) is 0 Å². The normalized spacial score (nSPS) is 12.6. The standard InChI is InChI=1S/C75H132O6/c1-4-7-10-13-16-19-22-25-27-29-31-33-35-36-37-38-40-41-43-45-47-50-53-56-59-62-65-68-74(77)80-71-72(70-79-73(76)67-64-61-58-55-52-49-24-21-18-15-12-9-6-3)81-75(78)69-66-63-60-57-54-51-48-46-44-42-39-34-32-30-28-26-23-20-17-14-11-8-5-2/h8,11,17,20,26,28-29,31-32,34,42,44,48,51,72H,4-7,9-10,12-16,18-19,21-25,27,30,33,35-41,43,45-47,49-50,52-71H2,1-3H3/b11-8-,20-17-,28-26-,31-29-,34-32-,44-42-,51-48-. The maximum atomic E-state index is 12.9. The molecule has 0 heterocycles. The molecular weight excluding hydrogens is 997 g/mol. The van der Waals surface area contributed by atoms with Crippen molar-refractivity contribution >= 4 is 17.9 Å². The Labute approximate surface area is 503 Å². The summed E-state index contributed by atoms with van der Waals surface area (Å²) in [6.45, 7) is 6.55. The van der Waals surface area contributed by atoms with Crippen LogP contribution < -0.4 is 0 Å². The molecule has 0 saturated heterocycles. The van der Waals surface area contributed by atoms with Crippen LogP contribution >= 0.6 is 0 Å². The third-order valence-corrected chi connectivity index (χ3v) is 15.4. The van der Waals surface area contributed by atoms with Crippen LogP contribution in [0.2, 0.25) is 0 Å². The van der Waals surface area contributed by atoms with Crippen LogP contribution in [0.15, 0.2) is 85.1 Å². The minimum Gasteiger partial charge on any atom is -0.462 e. The lowest BCUT2D eigenvalue weighted by atomic mass is 10.0. The molecule has 6 nitrogen and oxygen atoms in total. The molecule has 468 valence electrons. The number of rotatable bonds is 64. The number of unbranched alkanes of at least 4 members (excludes halogenated alkanes) is 39. The number of esters is 3. The summed E-state index contributed by atoms with van der Waals surface area (Å²) < 4.78 is 17.0. The number of carbonyl (C=O) groups excluding carboxylic acids is 3. The predicted molar refractivity (Wildman–Crippen MR) is 353 cm³/mol. The molecule has 0 fully saturated rings. The Morgan fingerprint density at radius 3 is 0.765 bits per heavy atom. The Balaban J connectivity index is 4.30. The summed E-state index contributed by atoms with van der Waals surface area (Å²) in [5, 5.41) is 0. The first-order valence-electron chi connectivity index (χ1n) is 35.1. The van der Waals surface area contributed by atoms with Gasteiger partial charge in [-0.3, -0.25) is 14.4 Å². The van der Waals surface area contributed by atoms with E-state index in [0.717, 1.165) is 109 Å². The van der Waals surface area contributed by atoms with Gasteiger partial charge in [-0.15, -0.1) is 0 Å². The van der Waals surface area contributed by atoms with Gasteiger partial charge in [0.1, 0.15) is 13.2 Å². The molecule has 0 aliphatic rings. The lowest BCUT2D eigenvalue weighted by Gasteiger charge is -2.18. The molecular formula is C75H132O6. The van der Waals surface area contributed by atoms with Gasteiger partial charge in [-0.1, -0.05) is 324 Å². The highest BCUT2D eigenvalue weighted by Crippen LogP contribution is 2.17. The first-order chi connectivity index (χ1) is 40.0. The molecule has 0 N–H and O–H groups in total. The lowest BCUT2D eigenvalue weighted by molar-refractivity contribution is -0.167. The molecule has 0 aromatic rings. The maximum Gasteiger partial charge on any atom is 0.306 e. The van der Waals surface area contributed by atoms with Gasteiger partial charge in [0.2, 0.25) is 0 Å². The second-order valence-electron chi connectivity index (χ2n) is 23.4. The van der Waals surface area contributed by atoms with Crippen molar-refractivity contribution in [3.05, 3.63) is 85.1 Å². The van der Waals surface area contributed by atoms with Crippen molar-refractivity contribution in [2.45, 2.75) is 361 Å². The monoisotopic (exact) mass is 1130 g/mol. The summed E-state index contributed by atoms with van der Waals surface area (Å²) in [5.41, 5.74) is 0. The largest absolute Gasteiger partial charge is 0.462 e. The Kier molecular flexibility index (Phi) is 66.2. The second kappa shape index (κ2) is 69.1. The zero-order valence-corrected chi connectivity index (χ0v) is 53.8. The number of ether oxygens (including phenoxy) is 3. The molecule has 1 atom stereocenters. The van der Waals surface area contributed by atoms with Gasteiger partial charge in [0.15, 0.2) is 6.10 Å². The average Bonchev–Trinajstić information content (AvgIpc) is 3.46. The maximum absolute atomic E-state index is 12.9. The number of hydrogen-bond acceptors (Lipinski definition) is 6. The quantitative estimate of drug-likeness (QED) is 0.0261. The summed E-state index contributed by atoms with van der Waals surface area (Å²) in [4.78, 5) is 38.4. The van der Waals surface area contributed by atoms with Crippen LogP contribution in [0.4, 0.5) is 0 Å². The summed E-state index contributed by atoms with van der Waals surface area (Å²) in [7, 11) is 0. The summed E-state index contributed by atoms with van der Waals surface area (Å²) >= 11 is 0. The van der Waals surface area contributed by atoms with E-state index in [9.17, 15) is 14.4 Å². The van der Waals surface area contributed by atoms with E-state index in [1.165, 1.54) is 205 Å². The molecule has 6 heteroatoms. The number of allylic oxidation sites excluding steroid dienone is 14. The zero-order valence-electron chi connectivity index (χ0n) is 53.8. The van der Waals surface area contributed by atoms with E-state index in [1.54, 1.807) is 0 Å². The van der Waals surface area contributed by atoms with Gasteiger partial charge in [-0.25, -0.2) is 0 Å². The molecule has 0 amide bonds. The van der Waals surface area contributed by atoms with Crippen LogP contribution in [0.25, 0.3) is 0 Å². The minimum absolute atomic E-state index is 0.0833. The predicted octanol–water partition coefficient (Wildman–Crippen LogP) is 24.2. The SMILES string of the molecule is CC/C=C\C/C=C\C/C=C\C/C=C\C/C=C\C/C=C\CCCCCCC(=O)OC(COC(=O)CCCCCCCCCCCCCCC)COC(=O)CCCCCCCCCCCCCCCCC/C=C\CCCCCCCCCC. The van der Waals surface area contributed by atoms with Gasteiger partial charge >= 0.3 is 17.9 Å². The van der Waals surface area contributed by atoms with E-state index in [0.29, 0.717) is 19.3 Å². The Morgan fingerprint density at radius 2 is 0.481 bits per heavy atom. The Morgan fingerprint density at radius 1 is 0.259 bits per heavy atom. The van der Waals surface area contributed by atoms with Crippen molar-refractivity contribution in [2.75, 3.05) is 13.2 Å². The Bertz CT molecular complexity index is 1530. The van der Waals surface area contributed by atoms with Crippen LogP contribution in [0.3, 0.4) is 0 Å². The molecule has 0 aromatic heterocycles. The fourth-order valence-electron chi connectivity index (χ4n) is 10.2. The van der Waals surface area contributed by atoms with Crippen LogP contribution in [0.5, 0.6) is 0 Å². The van der Waals surface area contributed by atoms with Gasteiger partial charge in [-0.2, -0.15) is 0 Å². The molecule has 0 radical (unpaired) electrons. The topological polar surface area (TPSA) is 78.9 Å². The summed E-state index contributed by atoms with van der Waals surface area (Å²) in [6.07, 6.45) is 91.8. The van der Waals surface area contributed by atoms with Crippen molar-refractivity contribution in [3.8, 4) is 0 Å². The Hall–Kier alpha value is -3.41. The zero-order chi connectivity index (χ0) is 58.5. The lowest BCUT2D eigenvalue weighted by Crippen LogP contribution is -2.30. The second-order valence-corrected chi connectivity index (χ2v) is 23.4. The molecule has 0 aliphatic carbocycles. The molecule has 1 unspecified atom stereocenters. The molecule has 0 bridgehead atoms. The van der Waals surface area contributed by atoms with Crippen molar-refractivity contribution < 1.29 is 28.6 Å². The number of carbonyl (C=O) groups is 3. The van der Waals surface area contributed by atoms with E-state index in [-0.39, 0.29) is 31.1 Å². The van der Waals surface area contributed by atoms with Crippen LogP contribution in [-0.4, -0.2) is 37.2 Å². The van der Waals surface area contributed by atoms with E-state index in [4.69, 9.17) is 14.2 Å². The van der Waals surface area contributed by atoms with E-state index < -0.39 is 6.10 Å². The molecule has 0 spiro atoms. The van der Waals surface area contributed by atoms with Gasteiger partial charge in [0, 0.05) is 19.3 Å². The number of hydrogen-bond donors (Lipinski definition) is 0. The van der Waals surface area contributed by atoms with Crippen molar-refractivity contribution in [3.63, 3.8) is 0 Å². The third-order valence-electron chi connectivity index (χ3n) is 15.4. The average molecular weight is 1130 g/mol. The molecule has 81 heavy (non-hydrogen) atoms. The molecule has 0 rings (SSSR count). The molecule has 0 aromatic carbocycles. The minimum atomic E-state index is -0.790. The van der Waals surface area contributed by atoms with E-state index >= 15 is 0 Å².